The zero-order valence-electron chi connectivity index (χ0n) is 11.8. The van der Waals surface area contributed by atoms with E-state index in [0.717, 1.165) is 30.7 Å². The van der Waals surface area contributed by atoms with Crippen LogP contribution in [0.3, 0.4) is 0 Å². The Bertz CT molecular complexity index is 373. The first-order chi connectivity index (χ1) is 8.69. The van der Waals surface area contributed by atoms with E-state index < -0.39 is 0 Å². The first-order valence-corrected chi connectivity index (χ1v) is 7.05. The average molecular weight is 247 g/mol. The average Bonchev–Trinajstić information content (AvgIpc) is 3.20. The van der Waals surface area contributed by atoms with Crippen LogP contribution in [0.25, 0.3) is 0 Å². The molecule has 2 heteroatoms. The van der Waals surface area contributed by atoms with Gasteiger partial charge in [-0.05, 0) is 55.3 Å². The molecule has 0 radical (unpaired) electrons. The molecule has 0 saturated heterocycles. The molecule has 2 atom stereocenters. The summed E-state index contributed by atoms with van der Waals surface area (Å²) < 4.78 is 5.27. The van der Waals surface area contributed by atoms with Gasteiger partial charge in [-0.3, -0.25) is 0 Å². The minimum absolute atomic E-state index is 0.698. The maximum atomic E-state index is 5.27. The molecule has 2 rings (SSSR count). The summed E-state index contributed by atoms with van der Waals surface area (Å²) in [6.07, 6.45) is 3.87. The van der Waals surface area contributed by atoms with Crippen molar-refractivity contribution in [2.24, 2.45) is 11.8 Å². The number of nitrogens with one attached hydrogen (secondary N) is 1. The predicted octanol–water partition coefficient (Wildman–Crippen LogP) is 3.26. The van der Waals surface area contributed by atoms with E-state index in [1.54, 1.807) is 7.11 Å². The fraction of sp³-hybridized carbons (Fsp3) is 0.625. The molecule has 100 valence electrons. The van der Waals surface area contributed by atoms with Crippen molar-refractivity contribution < 1.29 is 4.74 Å². The van der Waals surface area contributed by atoms with Gasteiger partial charge in [-0.1, -0.05) is 26.0 Å². The van der Waals surface area contributed by atoms with E-state index in [0.29, 0.717) is 5.92 Å². The van der Waals surface area contributed by atoms with Crippen LogP contribution in [0.4, 0.5) is 0 Å². The second kappa shape index (κ2) is 6.24. The second-order valence-electron chi connectivity index (χ2n) is 5.69. The van der Waals surface area contributed by atoms with Crippen LogP contribution in [0.5, 0.6) is 5.75 Å². The van der Waals surface area contributed by atoms with Crippen molar-refractivity contribution in [2.45, 2.75) is 39.2 Å². The summed E-state index contributed by atoms with van der Waals surface area (Å²) in [4.78, 5) is 0. The third-order valence-corrected chi connectivity index (χ3v) is 3.97. The standard InChI is InChI=1S/C16H25NO/c1-12(13(2)11-17-15-7-8-15)9-14-5-4-6-16(10-14)18-3/h4-6,10,12-13,15,17H,7-9,11H2,1-3H3. The number of methoxy groups -OCH3 is 1. The van der Waals surface area contributed by atoms with Gasteiger partial charge in [-0.2, -0.15) is 0 Å². The van der Waals surface area contributed by atoms with Gasteiger partial charge in [-0.25, -0.2) is 0 Å². The van der Waals surface area contributed by atoms with Crippen LogP contribution in [0, 0.1) is 11.8 Å². The van der Waals surface area contributed by atoms with E-state index in [4.69, 9.17) is 4.74 Å². The Kier molecular flexibility index (Phi) is 4.65. The fourth-order valence-corrected chi connectivity index (χ4v) is 2.21. The molecule has 0 aromatic heterocycles. The fourth-order valence-electron chi connectivity index (χ4n) is 2.21. The lowest BCUT2D eigenvalue weighted by Crippen LogP contribution is -2.27. The molecule has 2 unspecified atom stereocenters. The lowest BCUT2D eigenvalue weighted by molar-refractivity contribution is 0.363. The Morgan fingerprint density at radius 2 is 2.06 bits per heavy atom. The molecule has 1 aromatic rings. The number of benzene rings is 1. The Morgan fingerprint density at radius 1 is 1.28 bits per heavy atom. The minimum atomic E-state index is 0.698. The predicted molar refractivity (Wildman–Crippen MR) is 76.1 cm³/mol. The molecule has 0 heterocycles. The van der Waals surface area contributed by atoms with Crippen LogP contribution in [0.1, 0.15) is 32.3 Å². The SMILES string of the molecule is COc1cccc(CC(C)C(C)CNC2CC2)c1. The van der Waals surface area contributed by atoms with E-state index in [9.17, 15) is 0 Å². The van der Waals surface area contributed by atoms with Crippen LogP contribution >= 0.6 is 0 Å². The van der Waals surface area contributed by atoms with Gasteiger partial charge in [0, 0.05) is 6.04 Å². The smallest absolute Gasteiger partial charge is 0.119 e. The summed E-state index contributed by atoms with van der Waals surface area (Å²) in [6, 6.07) is 9.24. The third kappa shape index (κ3) is 4.02. The number of hydrogen-bond donors (Lipinski definition) is 1. The maximum absolute atomic E-state index is 5.27. The van der Waals surface area contributed by atoms with Crippen LogP contribution < -0.4 is 10.1 Å². The molecule has 0 aliphatic heterocycles. The molecular formula is C16H25NO. The summed E-state index contributed by atoms with van der Waals surface area (Å²) in [7, 11) is 1.73. The van der Waals surface area contributed by atoms with Crippen molar-refractivity contribution in [2.75, 3.05) is 13.7 Å². The van der Waals surface area contributed by atoms with Gasteiger partial charge < -0.3 is 10.1 Å². The van der Waals surface area contributed by atoms with Gasteiger partial charge in [0.05, 0.1) is 7.11 Å². The molecule has 1 aromatic carbocycles. The molecule has 1 saturated carbocycles. The zero-order valence-corrected chi connectivity index (χ0v) is 11.8. The van der Waals surface area contributed by atoms with Gasteiger partial charge in [-0.15, -0.1) is 0 Å². The highest BCUT2D eigenvalue weighted by Gasteiger charge is 2.22. The highest BCUT2D eigenvalue weighted by molar-refractivity contribution is 5.28. The monoisotopic (exact) mass is 247 g/mol. The molecule has 1 N–H and O–H groups in total. The molecule has 0 spiro atoms. The quantitative estimate of drug-likeness (QED) is 0.798. The molecule has 0 bridgehead atoms. The van der Waals surface area contributed by atoms with Crippen LogP contribution in [-0.4, -0.2) is 19.7 Å². The van der Waals surface area contributed by atoms with Gasteiger partial charge in [0.2, 0.25) is 0 Å². The minimum Gasteiger partial charge on any atom is -0.497 e. The van der Waals surface area contributed by atoms with Gasteiger partial charge in [0.1, 0.15) is 5.75 Å². The van der Waals surface area contributed by atoms with Crippen LogP contribution in [-0.2, 0) is 6.42 Å². The maximum Gasteiger partial charge on any atom is 0.119 e. The molecule has 18 heavy (non-hydrogen) atoms. The van der Waals surface area contributed by atoms with E-state index >= 15 is 0 Å². The van der Waals surface area contributed by atoms with Crippen molar-refractivity contribution in [3.05, 3.63) is 29.8 Å². The van der Waals surface area contributed by atoms with E-state index in [1.807, 2.05) is 6.07 Å². The van der Waals surface area contributed by atoms with E-state index in [2.05, 4.69) is 37.4 Å². The molecular weight excluding hydrogens is 222 g/mol. The Morgan fingerprint density at radius 3 is 2.72 bits per heavy atom. The Balaban J connectivity index is 1.82. The zero-order chi connectivity index (χ0) is 13.0. The van der Waals surface area contributed by atoms with E-state index in [1.165, 1.54) is 18.4 Å². The van der Waals surface area contributed by atoms with Crippen molar-refractivity contribution in [3.63, 3.8) is 0 Å². The third-order valence-electron chi connectivity index (χ3n) is 3.97. The number of ether oxygens (including phenoxy) is 1. The summed E-state index contributed by atoms with van der Waals surface area (Å²) in [5.41, 5.74) is 1.38. The lowest BCUT2D eigenvalue weighted by atomic mass is 9.89. The first kappa shape index (κ1) is 13.4. The normalized spacial score (nSPS) is 18.4. The van der Waals surface area contributed by atoms with Crippen molar-refractivity contribution in [3.8, 4) is 5.75 Å². The topological polar surface area (TPSA) is 21.3 Å². The highest BCUT2D eigenvalue weighted by atomic mass is 16.5. The van der Waals surface area contributed by atoms with Crippen molar-refractivity contribution in [1.29, 1.82) is 0 Å². The van der Waals surface area contributed by atoms with Crippen molar-refractivity contribution in [1.82, 2.24) is 5.32 Å². The van der Waals surface area contributed by atoms with Crippen LogP contribution in [0.2, 0.25) is 0 Å². The summed E-state index contributed by atoms with van der Waals surface area (Å²) >= 11 is 0. The first-order valence-electron chi connectivity index (χ1n) is 7.05. The molecule has 1 aliphatic rings. The Hall–Kier alpha value is -1.02. The number of rotatable bonds is 7. The highest BCUT2D eigenvalue weighted by Crippen LogP contribution is 2.22. The summed E-state index contributed by atoms with van der Waals surface area (Å²) in [5.74, 6) is 2.38. The lowest BCUT2D eigenvalue weighted by Gasteiger charge is -2.20. The second-order valence-corrected chi connectivity index (χ2v) is 5.69. The molecule has 0 amide bonds. The van der Waals surface area contributed by atoms with Gasteiger partial charge >= 0.3 is 0 Å². The summed E-state index contributed by atoms with van der Waals surface area (Å²) in [5, 5.41) is 3.62. The molecule has 2 nitrogen and oxygen atoms in total. The van der Waals surface area contributed by atoms with Crippen LogP contribution in [0.15, 0.2) is 24.3 Å². The van der Waals surface area contributed by atoms with E-state index in [-0.39, 0.29) is 0 Å². The Labute approximate surface area is 111 Å². The molecule has 1 aliphatic carbocycles. The summed E-state index contributed by atoms with van der Waals surface area (Å²) in [6.45, 7) is 5.84. The molecule has 1 fully saturated rings. The largest absolute Gasteiger partial charge is 0.497 e. The van der Waals surface area contributed by atoms with Gasteiger partial charge in [0.15, 0.2) is 0 Å². The number of hydrogen-bond acceptors (Lipinski definition) is 2. The van der Waals surface area contributed by atoms with Gasteiger partial charge in [0.25, 0.3) is 0 Å². The van der Waals surface area contributed by atoms with Crippen molar-refractivity contribution >= 4 is 0 Å².